The Hall–Kier alpha value is -4.28. The third kappa shape index (κ3) is 4.83. The molecule has 0 unspecified atom stereocenters. The number of ether oxygens (including phenoxy) is 3. The van der Waals surface area contributed by atoms with Crippen LogP contribution in [0, 0.1) is 0 Å². The normalized spacial score (nSPS) is 10.2. The van der Waals surface area contributed by atoms with Crippen LogP contribution in [0.15, 0.2) is 36.4 Å². The van der Waals surface area contributed by atoms with Gasteiger partial charge in [-0.15, -0.1) is 0 Å². The van der Waals surface area contributed by atoms with Gasteiger partial charge in [0.05, 0.1) is 32.6 Å². The van der Waals surface area contributed by atoms with Gasteiger partial charge in [0, 0.05) is 24.9 Å². The second-order valence-corrected chi connectivity index (χ2v) is 6.13. The summed E-state index contributed by atoms with van der Waals surface area (Å²) >= 11 is 0. The van der Waals surface area contributed by atoms with Crippen molar-refractivity contribution in [3.05, 3.63) is 42.0 Å². The molecule has 0 aliphatic carbocycles. The largest absolute Gasteiger partial charge is 0.493 e. The Morgan fingerprint density at radius 3 is 2.10 bits per heavy atom. The molecule has 0 saturated heterocycles. The summed E-state index contributed by atoms with van der Waals surface area (Å²) in [6, 6.07) is 10.4. The maximum absolute atomic E-state index is 12.1. The van der Waals surface area contributed by atoms with Gasteiger partial charge in [0.1, 0.15) is 0 Å². The van der Waals surface area contributed by atoms with Crippen LogP contribution < -0.4 is 35.9 Å². The smallest absolute Gasteiger partial charge is 0.253 e. The number of hydrogen-bond donors (Lipinski definition) is 4. The predicted octanol–water partition coefficient (Wildman–Crippen LogP) is 2.33. The Kier molecular flexibility index (Phi) is 6.55. The van der Waals surface area contributed by atoms with Crippen molar-refractivity contribution in [1.29, 1.82) is 0 Å². The van der Waals surface area contributed by atoms with Crippen LogP contribution in [-0.2, 0) is 0 Å². The highest BCUT2D eigenvalue weighted by molar-refractivity contribution is 5.99. The molecule has 1 heterocycles. The van der Waals surface area contributed by atoms with Crippen LogP contribution in [0.5, 0.6) is 17.2 Å². The zero-order chi connectivity index (χ0) is 22.4. The zero-order valence-electron chi connectivity index (χ0n) is 17.5. The van der Waals surface area contributed by atoms with E-state index in [1.807, 2.05) is 0 Å². The molecule has 2 aromatic carbocycles. The van der Waals surface area contributed by atoms with E-state index in [-0.39, 0.29) is 23.8 Å². The van der Waals surface area contributed by atoms with Gasteiger partial charge >= 0.3 is 0 Å². The van der Waals surface area contributed by atoms with Crippen LogP contribution in [0.1, 0.15) is 10.4 Å². The fourth-order valence-corrected chi connectivity index (χ4v) is 2.83. The lowest BCUT2D eigenvalue weighted by Gasteiger charge is -2.15. The Labute approximate surface area is 179 Å². The summed E-state index contributed by atoms with van der Waals surface area (Å²) in [7, 11) is 6.12. The van der Waals surface area contributed by atoms with Crippen LogP contribution in [0.25, 0.3) is 0 Å². The summed E-state index contributed by atoms with van der Waals surface area (Å²) in [5.74, 6) is 1.47. The van der Waals surface area contributed by atoms with E-state index in [0.29, 0.717) is 34.2 Å². The summed E-state index contributed by atoms with van der Waals surface area (Å²) in [5, 5.41) is 8.64. The highest BCUT2D eigenvalue weighted by atomic mass is 16.5. The molecule has 162 valence electrons. The minimum absolute atomic E-state index is 0.00938. The Balaban J connectivity index is 1.92. The average Bonchev–Trinajstić information content (AvgIpc) is 2.77. The third-order valence-electron chi connectivity index (χ3n) is 4.22. The number of para-hydroxylation sites is 1. The maximum Gasteiger partial charge on any atom is 0.253 e. The van der Waals surface area contributed by atoms with E-state index >= 15 is 0 Å². The summed E-state index contributed by atoms with van der Waals surface area (Å²) in [6.45, 7) is 0. The number of nitrogens with zero attached hydrogens (tertiary/aromatic N) is 3. The van der Waals surface area contributed by atoms with Crippen molar-refractivity contribution < 1.29 is 19.0 Å². The van der Waals surface area contributed by atoms with E-state index in [4.69, 9.17) is 19.9 Å². The van der Waals surface area contributed by atoms with Crippen LogP contribution in [-0.4, -0.2) is 49.2 Å². The summed E-state index contributed by atoms with van der Waals surface area (Å²) in [4.78, 5) is 24.6. The van der Waals surface area contributed by atoms with Crippen molar-refractivity contribution in [2.75, 3.05) is 44.7 Å². The minimum atomic E-state index is -0.249. The second kappa shape index (κ2) is 9.48. The molecular weight excluding hydrogens is 402 g/mol. The fourth-order valence-electron chi connectivity index (χ4n) is 2.83. The number of rotatable bonds is 8. The van der Waals surface area contributed by atoms with Crippen LogP contribution >= 0.6 is 0 Å². The van der Waals surface area contributed by atoms with Gasteiger partial charge in [-0.1, -0.05) is 12.1 Å². The number of nitrogen functional groups attached to an aromatic ring is 1. The minimum Gasteiger partial charge on any atom is -0.493 e. The van der Waals surface area contributed by atoms with Gasteiger partial charge in [-0.2, -0.15) is 15.0 Å². The lowest BCUT2D eigenvalue weighted by molar-refractivity contribution is 0.0964. The molecule has 31 heavy (non-hydrogen) atoms. The van der Waals surface area contributed by atoms with Gasteiger partial charge < -0.3 is 35.9 Å². The molecule has 3 rings (SSSR count). The highest BCUT2D eigenvalue weighted by Crippen LogP contribution is 2.40. The van der Waals surface area contributed by atoms with Crippen LogP contribution in [0.2, 0.25) is 0 Å². The molecule has 0 spiro atoms. The van der Waals surface area contributed by atoms with Gasteiger partial charge in [-0.3, -0.25) is 4.79 Å². The van der Waals surface area contributed by atoms with E-state index in [9.17, 15) is 4.79 Å². The molecule has 1 aromatic heterocycles. The van der Waals surface area contributed by atoms with Crippen LogP contribution in [0.3, 0.4) is 0 Å². The quantitative estimate of drug-likeness (QED) is 0.424. The maximum atomic E-state index is 12.1. The number of hydrogen-bond acceptors (Lipinski definition) is 10. The number of carbonyl (C=O) groups is 1. The summed E-state index contributed by atoms with van der Waals surface area (Å²) in [6.07, 6.45) is 0. The van der Waals surface area contributed by atoms with Crippen molar-refractivity contribution in [1.82, 2.24) is 20.3 Å². The van der Waals surface area contributed by atoms with Gasteiger partial charge in [-0.25, -0.2) is 0 Å². The number of benzene rings is 2. The molecule has 11 nitrogen and oxygen atoms in total. The van der Waals surface area contributed by atoms with Crippen molar-refractivity contribution in [3.63, 3.8) is 0 Å². The van der Waals surface area contributed by atoms with Gasteiger partial charge in [-0.05, 0) is 12.1 Å². The molecule has 0 aliphatic heterocycles. The van der Waals surface area contributed by atoms with Crippen LogP contribution in [0.4, 0.5) is 29.2 Å². The van der Waals surface area contributed by atoms with E-state index < -0.39 is 0 Å². The standard InChI is InChI=1S/C20H23N7O4/c1-22-17(28)12-7-5-6-8-13(12)24-20-26-18(21)25-19(27-20)23-11-9-14(29-2)16(31-4)15(10-11)30-3/h5-10H,1-4H3,(H,22,28)(H4,21,23,24,25,26,27). The number of anilines is 5. The van der Waals surface area contributed by atoms with Crippen molar-refractivity contribution in [3.8, 4) is 17.2 Å². The third-order valence-corrected chi connectivity index (χ3v) is 4.22. The molecule has 0 aliphatic rings. The molecule has 0 fully saturated rings. The lowest BCUT2D eigenvalue weighted by atomic mass is 10.1. The first-order valence-electron chi connectivity index (χ1n) is 9.15. The first kappa shape index (κ1) is 21.4. The number of nitrogens with one attached hydrogen (secondary N) is 3. The number of carbonyl (C=O) groups excluding carboxylic acids is 1. The zero-order valence-corrected chi connectivity index (χ0v) is 17.5. The Bertz CT molecular complexity index is 1070. The number of nitrogens with two attached hydrogens (primary N) is 1. The van der Waals surface area contributed by atoms with Crippen molar-refractivity contribution >= 4 is 35.1 Å². The number of methoxy groups -OCH3 is 3. The first-order chi connectivity index (χ1) is 15.0. The second-order valence-electron chi connectivity index (χ2n) is 6.13. The van der Waals surface area contributed by atoms with Crippen molar-refractivity contribution in [2.45, 2.75) is 0 Å². The van der Waals surface area contributed by atoms with Gasteiger partial charge in [0.15, 0.2) is 11.5 Å². The van der Waals surface area contributed by atoms with E-state index in [1.165, 1.54) is 21.3 Å². The summed E-state index contributed by atoms with van der Waals surface area (Å²) < 4.78 is 16.0. The molecule has 5 N–H and O–H groups in total. The molecule has 0 bridgehead atoms. The van der Waals surface area contributed by atoms with E-state index in [1.54, 1.807) is 43.4 Å². The predicted molar refractivity (Wildman–Crippen MR) is 117 cm³/mol. The Morgan fingerprint density at radius 2 is 1.52 bits per heavy atom. The molecule has 0 saturated carbocycles. The molecule has 3 aromatic rings. The van der Waals surface area contributed by atoms with Gasteiger partial charge in [0.2, 0.25) is 23.6 Å². The lowest BCUT2D eigenvalue weighted by Crippen LogP contribution is -2.19. The first-order valence-corrected chi connectivity index (χ1v) is 9.15. The number of aromatic nitrogens is 3. The summed E-state index contributed by atoms with van der Waals surface area (Å²) in [5.41, 5.74) is 7.39. The molecule has 0 atom stereocenters. The van der Waals surface area contributed by atoms with E-state index in [0.717, 1.165) is 0 Å². The monoisotopic (exact) mass is 425 g/mol. The molecule has 1 amide bonds. The molecule has 0 radical (unpaired) electrons. The number of amides is 1. The fraction of sp³-hybridized carbons (Fsp3) is 0.200. The topological polar surface area (TPSA) is 146 Å². The van der Waals surface area contributed by atoms with Gasteiger partial charge in [0.25, 0.3) is 5.91 Å². The molecule has 11 heteroatoms. The molecular formula is C20H23N7O4. The van der Waals surface area contributed by atoms with Crippen molar-refractivity contribution in [2.24, 2.45) is 0 Å². The average molecular weight is 425 g/mol. The SMILES string of the molecule is CNC(=O)c1ccccc1Nc1nc(N)nc(Nc2cc(OC)c(OC)c(OC)c2)n1. The Morgan fingerprint density at radius 1 is 0.903 bits per heavy atom. The highest BCUT2D eigenvalue weighted by Gasteiger charge is 2.15. The van der Waals surface area contributed by atoms with E-state index in [2.05, 4.69) is 30.9 Å².